The average Bonchev–Trinajstić information content (AvgIpc) is 2.92. The van der Waals surface area contributed by atoms with E-state index in [0.717, 1.165) is 24.3 Å². The molecule has 2 heterocycles. The molecule has 2 aliphatic rings. The third kappa shape index (κ3) is 7.10. The second kappa shape index (κ2) is 12.1. The van der Waals surface area contributed by atoms with Crippen LogP contribution in [0.4, 0.5) is 32.0 Å². The van der Waals surface area contributed by atoms with Gasteiger partial charge in [0.05, 0.1) is 30.4 Å². The van der Waals surface area contributed by atoms with Crippen molar-refractivity contribution in [2.24, 2.45) is 0 Å². The van der Waals surface area contributed by atoms with Crippen molar-refractivity contribution in [3.05, 3.63) is 59.2 Å². The number of morpholine rings is 1. The number of hydrogen-bond donors (Lipinski definition) is 1. The number of benzene rings is 2. The van der Waals surface area contributed by atoms with Gasteiger partial charge < -0.3 is 19.7 Å². The summed E-state index contributed by atoms with van der Waals surface area (Å²) >= 11 is 0.529. The quantitative estimate of drug-likeness (QED) is 0.320. The lowest BCUT2D eigenvalue weighted by molar-refractivity contribution is -0.163. The molecular weight excluding hydrogens is 560 g/mol. The van der Waals surface area contributed by atoms with Gasteiger partial charge in [-0.05, 0) is 35.9 Å². The van der Waals surface area contributed by atoms with Crippen molar-refractivity contribution in [2.45, 2.75) is 40.5 Å². The van der Waals surface area contributed by atoms with Gasteiger partial charge in [-0.1, -0.05) is 23.9 Å². The van der Waals surface area contributed by atoms with Gasteiger partial charge >= 0.3 is 12.4 Å². The van der Waals surface area contributed by atoms with Crippen LogP contribution in [0.5, 0.6) is 0 Å². The normalized spacial score (nSPS) is 18.0. The van der Waals surface area contributed by atoms with Gasteiger partial charge in [0.15, 0.2) is 0 Å². The summed E-state index contributed by atoms with van der Waals surface area (Å²) in [6, 6.07) is 10.3. The molecule has 13 heteroatoms. The molecule has 0 unspecified atom stereocenters. The SMILES string of the molecule is N#CC1(Nc2cccc(Sc3ccc(/C=C/C(=O)N4CCOCC4)c(C(F)(F)F)c3C(F)(F)F)c2)CCOCC1. The Hall–Kier alpha value is -3.21. The van der Waals surface area contributed by atoms with Crippen molar-refractivity contribution < 1.29 is 40.6 Å². The number of hydrogen-bond acceptors (Lipinski definition) is 6. The van der Waals surface area contributed by atoms with E-state index in [1.807, 2.05) is 0 Å². The minimum absolute atomic E-state index is 0.232. The number of nitriles is 1. The van der Waals surface area contributed by atoms with Crippen molar-refractivity contribution in [1.29, 1.82) is 5.26 Å². The van der Waals surface area contributed by atoms with Gasteiger partial charge in [-0.15, -0.1) is 0 Å². The minimum Gasteiger partial charge on any atom is -0.381 e. The van der Waals surface area contributed by atoms with E-state index in [-0.39, 0.29) is 31.2 Å². The highest BCUT2D eigenvalue weighted by molar-refractivity contribution is 7.99. The number of nitrogens with one attached hydrogen (secondary N) is 1. The topological polar surface area (TPSA) is 74.6 Å². The molecule has 214 valence electrons. The van der Waals surface area contributed by atoms with Gasteiger partial charge in [0.2, 0.25) is 5.91 Å². The highest BCUT2D eigenvalue weighted by atomic mass is 32.2. The van der Waals surface area contributed by atoms with Gasteiger partial charge in [0.1, 0.15) is 5.54 Å². The van der Waals surface area contributed by atoms with Crippen LogP contribution in [0.15, 0.2) is 52.3 Å². The molecular formula is C27H25F6N3O3S. The number of nitrogens with zero attached hydrogens (tertiary/aromatic N) is 2. The van der Waals surface area contributed by atoms with Crippen molar-refractivity contribution in [3.8, 4) is 6.07 Å². The fourth-order valence-electron chi connectivity index (χ4n) is 4.49. The summed E-state index contributed by atoms with van der Waals surface area (Å²) in [5.74, 6) is -0.618. The molecule has 1 amide bonds. The van der Waals surface area contributed by atoms with Crippen molar-refractivity contribution in [2.75, 3.05) is 44.8 Å². The molecule has 2 aromatic carbocycles. The fraction of sp³-hybridized carbons (Fsp3) is 0.407. The number of amides is 1. The Morgan fingerprint density at radius 1 is 0.975 bits per heavy atom. The molecule has 2 aromatic rings. The lowest BCUT2D eigenvalue weighted by Crippen LogP contribution is -2.42. The van der Waals surface area contributed by atoms with Crippen LogP contribution >= 0.6 is 11.8 Å². The summed E-state index contributed by atoms with van der Waals surface area (Å²) < 4.78 is 95.5. The third-order valence-electron chi connectivity index (χ3n) is 6.50. The molecule has 4 rings (SSSR count). The largest absolute Gasteiger partial charge is 0.418 e. The lowest BCUT2D eigenvalue weighted by atomic mass is 9.91. The molecule has 0 aromatic heterocycles. The lowest BCUT2D eigenvalue weighted by Gasteiger charge is -2.32. The summed E-state index contributed by atoms with van der Waals surface area (Å²) in [6.45, 7) is 1.72. The van der Waals surface area contributed by atoms with Crippen LogP contribution in [0.2, 0.25) is 0 Å². The number of carbonyl (C=O) groups is 1. The maximum atomic E-state index is 14.2. The van der Waals surface area contributed by atoms with E-state index in [9.17, 15) is 36.4 Å². The van der Waals surface area contributed by atoms with Crippen LogP contribution in [0.3, 0.4) is 0 Å². The van der Waals surface area contributed by atoms with Gasteiger partial charge in [0, 0.05) is 60.7 Å². The molecule has 2 fully saturated rings. The third-order valence-corrected chi connectivity index (χ3v) is 7.55. The summed E-state index contributed by atoms with van der Waals surface area (Å²) in [6.07, 6.45) is -8.28. The fourth-order valence-corrected chi connectivity index (χ4v) is 5.53. The van der Waals surface area contributed by atoms with Crippen molar-refractivity contribution in [1.82, 2.24) is 4.90 Å². The summed E-state index contributed by atoms with van der Waals surface area (Å²) in [5, 5.41) is 12.8. The Morgan fingerprint density at radius 3 is 2.25 bits per heavy atom. The zero-order valence-corrected chi connectivity index (χ0v) is 21.9. The van der Waals surface area contributed by atoms with Crippen LogP contribution in [0.1, 0.15) is 29.5 Å². The van der Waals surface area contributed by atoms with E-state index in [0.29, 0.717) is 43.5 Å². The first-order valence-electron chi connectivity index (χ1n) is 12.3. The van der Waals surface area contributed by atoms with E-state index in [2.05, 4.69) is 11.4 Å². The molecule has 0 aliphatic carbocycles. The monoisotopic (exact) mass is 585 g/mol. The smallest absolute Gasteiger partial charge is 0.381 e. The van der Waals surface area contributed by atoms with Crippen LogP contribution in [0, 0.1) is 11.3 Å². The van der Waals surface area contributed by atoms with Crippen LogP contribution < -0.4 is 5.32 Å². The first kappa shape index (κ1) is 29.8. The number of ether oxygens (including phenoxy) is 2. The van der Waals surface area contributed by atoms with Crippen molar-refractivity contribution >= 4 is 29.4 Å². The van der Waals surface area contributed by atoms with Gasteiger partial charge in [-0.25, -0.2) is 0 Å². The number of carbonyl (C=O) groups excluding carboxylic acids is 1. The molecule has 0 bridgehead atoms. The van der Waals surface area contributed by atoms with E-state index >= 15 is 0 Å². The summed E-state index contributed by atoms with van der Waals surface area (Å²) in [5.41, 5.74) is -4.94. The van der Waals surface area contributed by atoms with Gasteiger partial charge in [-0.2, -0.15) is 31.6 Å². The maximum Gasteiger partial charge on any atom is 0.418 e. The first-order chi connectivity index (χ1) is 18.9. The number of rotatable bonds is 6. The van der Waals surface area contributed by atoms with E-state index in [4.69, 9.17) is 9.47 Å². The van der Waals surface area contributed by atoms with Crippen LogP contribution in [-0.4, -0.2) is 55.9 Å². The predicted molar refractivity (Wildman–Crippen MR) is 135 cm³/mol. The van der Waals surface area contributed by atoms with Crippen LogP contribution in [0.25, 0.3) is 6.08 Å². The van der Waals surface area contributed by atoms with Gasteiger partial charge in [0.25, 0.3) is 0 Å². The molecule has 1 N–H and O–H groups in total. The highest BCUT2D eigenvalue weighted by Crippen LogP contribution is 2.48. The Bertz CT molecular complexity index is 1290. The molecule has 2 saturated heterocycles. The number of halogens is 6. The molecule has 0 radical (unpaired) electrons. The minimum atomic E-state index is -5.35. The van der Waals surface area contributed by atoms with E-state index in [1.54, 1.807) is 12.1 Å². The van der Waals surface area contributed by atoms with E-state index in [1.165, 1.54) is 17.0 Å². The Balaban J connectivity index is 1.68. The Morgan fingerprint density at radius 2 is 1.62 bits per heavy atom. The zero-order valence-electron chi connectivity index (χ0n) is 21.1. The Labute approximate surface area is 230 Å². The Kier molecular flexibility index (Phi) is 9.02. The average molecular weight is 586 g/mol. The number of alkyl halides is 6. The molecule has 0 atom stereocenters. The first-order valence-corrected chi connectivity index (χ1v) is 13.1. The number of anilines is 1. The predicted octanol–water partition coefficient (Wildman–Crippen LogP) is 6.23. The van der Waals surface area contributed by atoms with Crippen molar-refractivity contribution in [3.63, 3.8) is 0 Å². The molecule has 0 spiro atoms. The molecule has 40 heavy (non-hydrogen) atoms. The standard InChI is InChI=1S/C27H25F6N3O3S/c28-26(29,30)23-18(5-7-22(37)36-10-14-39-15-11-36)4-6-21(24(23)27(31,32)33)40-20-3-1-2-19(16-20)35-25(17-34)8-12-38-13-9-25/h1-7,16,35H,8-15H2/b7-5+. The van der Waals surface area contributed by atoms with E-state index < -0.39 is 45.4 Å². The molecule has 2 aliphatic heterocycles. The second-order valence-corrected chi connectivity index (χ2v) is 10.3. The maximum absolute atomic E-state index is 14.2. The van der Waals surface area contributed by atoms with Crippen LogP contribution in [-0.2, 0) is 26.6 Å². The summed E-state index contributed by atoms with van der Waals surface area (Å²) in [4.78, 5) is 13.3. The highest BCUT2D eigenvalue weighted by Gasteiger charge is 2.46. The molecule has 6 nitrogen and oxygen atoms in total. The second-order valence-electron chi connectivity index (χ2n) is 9.23. The molecule has 0 saturated carbocycles. The zero-order chi connectivity index (χ0) is 29.0. The summed E-state index contributed by atoms with van der Waals surface area (Å²) in [7, 11) is 0. The van der Waals surface area contributed by atoms with Gasteiger partial charge in [-0.3, -0.25) is 4.79 Å².